The Bertz CT molecular complexity index is 1150. The zero-order valence-electron chi connectivity index (χ0n) is 20.3. The number of allylic oxidation sites excluding steroid dienone is 2. The number of nitrogens with zero attached hydrogens (tertiary/aromatic N) is 3. The normalized spacial score (nSPS) is 15.7. The number of thiazole rings is 1. The van der Waals surface area contributed by atoms with Gasteiger partial charge in [0.25, 0.3) is 0 Å². The standard InChI is InChI=1S/C27H33N5OS2/c1-19-18-34-27(30-19)31-26(22-11-7-4-8-12-22)24(25(28)21-9-5-3-6-10-21)17-20-13-15-23(16-14-20)32(2)35-33-29/h4,7-8,11-16,18,21H,3,5-6,9-10,17,28-29H2,1-2H3. The van der Waals surface area contributed by atoms with Crippen molar-refractivity contribution in [3.8, 4) is 0 Å². The van der Waals surface area contributed by atoms with E-state index in [-0.39, 0.29) is 0 Å². The molecule has 0 aliphatic heterocycles. The van der Waals surface area contributed by atoms with Crippen molar-refractivity contribution < 1.29 is 4.28 Å². The van der Waals surface area contributed by atoms with Crippen molar-refractivity contribution in [1.29, 1.82) is 0 Å². The minimum Gasteiger partial charge on any atom is -0.402 e. The van der Waals surface area contributed by atoms with Crippen LogP contribution in [-0.2, 0) is 10.7 Å². The van der Waals surface area contributed by atoms with E-state index < -0.39 is 0 Å². The molecular formula is C27H33N5OS2. The highest BCUT2D eigenvalue weighted by atomic mass is 32.2. The van der Waals surface area contributed by atoms with E-state index in [0.717, 1.165) is 64.1 Å². The maximum absolute atomic E-state index is 7.00. The summed E-state index contributed by atoms with van der Waals surface area (Å²) in [7, 11) is 1.91. The summed E-state index contributed by atoms with van der Waals surface area (Å²) in [6.07, 6.45) is 6.71. The van der Waals surface area contributed by atoms with E-state index in [1.807, 2.05) is 41.9 Å². The third-order valence-corrected chi connectivity index (χ3v) is 7.75. The van der Waals surface area contributed by atoms with Crippen molar-refractivity contribution >= 4 is 40.1 Å². The SMILES string of the molecule is Cc1csc(N=C(C(Cc2ccc(N(C)SON)cc2)=C(N)C2CCCCC2)c2ccccc2)n1. The van der Waals surface area contributed by atoms with Crippen LogP contribution in [0.15, 0.2) is 76.2 Å². The Morgan fingerprint density at radius 2 is 1.83 bits per heavy atom. The first-order valence-corrected chi connectivity index (χ1v) is 13.5. The molecule has 1 fully saturated rings. The number of hydrogen-bond acceptors (Lipinski definition) is 8. The van der Waals surface area contributed by atoms with Crippen LogP contribution >= 0.6 is 23.6 Å². The lowest BCUT2D eigenvalue weighted by Gasteiger charge is -2.26. The molecule has 6 nitrogen and oxygen atoms in total. The Labute approximate surface area is 216 Å². The van der Waals surface area contributed by atoms with Gasteiger partial charge in [0.05, 0.1) is 11.4 Å². The number of anilines is 1. The summed E-state index contributed by atoms with van der Waals surface area (Å²) in [5.41, 5.74) is 14.2. The minimum absolute atomic E-state index is 0.384. The molecule has 4 rings (SSSR count). The molecule has 0 amide bonds. The van der Waals surface area contributed by atoms with Crippen LogP contribution < -0.4 is 15.9 Å². The third-order valence-electron chi connectivity index (χ3n) is 6.38. The highest BCUT2D eigenvalue weighted by molar-refractivity contribution is 7.96. The van der Waals surface area contributed by atoms with E-state index in [1.165, 1.54) is 24.8 Å². The Balaban J connectivity index is 1.77. The lowest BCUT2D eigenvalue weighted by Crippen LogP contribution is -2.22. The van der Waals surface area contributed by atoms with Gasteiger partial charge in [-0.15, -0.1) is 11.3 Å². The van der Waals surface area contributed by atoms with Crippen molar-refractivity contribution in [3.63, 3.8) is 0 Å². The van der Waals surface area contributed by atoms with Gasteiger partial charge >= 0.3 is 0 Å². The topological polar surface area (TPSA) is 89.8 Å². The highest BCUT2D eigenvalue weighted by Crippen LogP contribution is 2.32. The van der Waals surface area contributed by atoms with Crippen molar-refractivity contribution in [2.45, 2.75) is 45.4 Å². The number of benzene rings is 2. The van der Waals surface area contributed by atoms with E-state index in [2.05, 4.69) is 45.7 Å². The summed E-state index contributed by atoms with van der Waals surface area (Å²) >= 11 is 2.65. The molecule has 1 aliphatic carbocycles. The Kier molecular flexibility index (Phi) is 8.98. The first kappa shape index (κ1) is 25.4. The first-order chi connectivity index (χ1) is 17.0. The van der Waals surface area contributed by atoms with Gasteiger partial charge in [0.2, 0.25) is 5.13 Å². The third kappa shape index (κ3) is 6.73. The zero-order chi connectivity index (χ0) is 24.6. The van der Waals surface area contributed by atoms with Crippen molar-refractivity contribution in [1.82, 2.24) is 4.98 Å². The van der Waals surface area contributed by atoms with Crippen LogP contribution in [0.5, 0.6) is 0 Å². The second kappa shape index (κ2) is 12.4. The van der Waals surface area contributed by atoms with Crippen molar-refractivity contribution in [3.05, 3.63) is 88.1 Å². The van der Waals surface area contributed by atoms with E-state index in [4.69, 9.17) is 16.6 Å². The molecule has 3 aromatic rings. The summed E-state index contributed by atoms with van der Waals surface area (Å²) in [4.78, 5) is 9.70. The molecule has 2 aromatic carbocycles. The van der Waals surface area contributed by atoms with Crippen LogP contribution in [-0.4, -0.2) is 17.7 Å². The molecule has 4 N–H and O–H groups in total. The van der Waals surface area contributed by atoms with Crippen molar-refractivity contribution in [2.75, 3.05) is 11.4 Å². The predicted octanol–water partition coefficient (Wildman–Crippen LogP) is 6.50. The molecule has 0 unspecified atom stereocenters. The molecule has 0 spiro atoms. The summed E-state index contributed by atoms with van der Waals surface area (Å²) in [5.74, 6) is 5.59. The fourth-order valence-corrected chi connectivity index (χ4v) is 5.51. The lowest BCUT2D eigenvalue weighted by atomic mass is 9.82. The Morgan fingerprint density at radius 1 is 1.11 bits per heavy atom. The van der Waals surface area contributed by atoms with Crippen LogP contribution in [0, 0.1) is 12.8 Å². The van der Waals surface area contributed by atoms with Crippen LogP contribution in [0.1, 0.15) is 48.9 Å². The molecule has 0 atom stereocenters. The maximum Gasteiger partial charge on any atom is 0.209 e. The van der Waals surface area contributed by atoms with Gasteiger partial charge in [0.1, 0.15) is 12.2 Å². The second-order valence-corrected chi connectivity index (χ2v) is 10.6. The molecular weight excluding hydrogens is 474 g/mol. The lowest BCUT2D eigenvalue weighted by molar-refractivity contribution is 0.397. The molecule has 184 valence electrons. The smallest absolute Gasteiger partial charge is 0.209 e. The predicted molar refractivity (Wildman–Crippen MR) is 149 cm³/mol. The molecule has 35 heavy (non-hydrogen) atoms. The Morgan fingerprint density at radius 3 is 2.46 bits per heavy atom. The van der Waals surface area contributed by atoms with Gasteiger partial charge in [-0.2, -0.15) is 0 Å². The summed E-state index contributed by atoms with van der Waals surface area (Å²) in [5, 5.41) is 2.79. The van der Waals surface area contributed by atoms with E-state index in [0.29, 0.717) is 12.3 Å². The number of aromatic nitrogens is 1. The molecule has 0 saturated heterocycles. The van der Waals surface area contributed by atoms with Gasteiger partial charge in [-0.05, 0) is 43.4 Å². The number of nitrogens with two attached hydrogens (primary N) is 2. The fraction of sp³-hybridized carbons (Fsp3) is 0.333. The van der Waals surface area contributed by atoms with Crippen LogP contribution in [0.25, 0.3) is 0 Å². The average molecular weight is 508 g/mol. The minimum atomic E-state index is 0.384. The van der Waals surface area contributed by atoms with Gasteiger partial charge < -0.3 is 5.73 Å². The number of hydrogen-bond donors (Lipinski definition) is 2. The van der Waals surface area contributed by atoms with Gasteiger partial charge in [-0.1, -0.05) is 61.7 Å². The quantitative estimate of drug-likeness (QED) is 0.149. The molecule has 0 radical (unpaired) electrons. The summed E-state index contributed by atoms with van der Waals surface area (Å²) in [6.45, 7) is 2.00. The summed E-state index contributed by atoms with van der Waals surface area (Å²) in [6, 6.07) is 18.7. The molecule has 8 heteroatoms. The number of aliphatic imine (C=N–C) groups is 1. The van der Waals surface area contributed by atoms with E-state index >= 15 is 0 Å². The maximum atomic E-state index is 7.00. The van der Waals surface area contributed by atoms with Gasteiger partial charge in [-0.3, -0.25) is 4.31 Å². The molecule has 1 saturated carbocycles. The number of rotatable bonds is 9. The van der Waals surface area contributed by atoms with Crippen LogP contribution in [0.2, 0.25) is 0 Å². The largest absolute Gasteiger partial charge is 0.402 e. The highest BCUT2D eigenvalue weighted by Gasteiger charge is 2.23. The average Bonchev–Trinajstić information content (AvgIpc) is 3.32. The zero-order valence-corrected chi connectivity index (χ0v) is 21.9. The molecule has 0 bridgehead atoms. The van der Waals surface area contributed by atoms with Gasteiger partial charge in [0, 0.05) is 41.4 Å². The number of aryl methyl sites for hydroxylation is 1. The Hall–Kier alpha value is -2.65. The molecule has 1 aliphatic rings. The summed E-state index contributed by atoms with van der Waals surface area (Å²) < 4.78 is 6.56. The van der Waals surface area contributed by atoms with Crippen LogP contribution in [0.3, 0.4) is 0 Å². The second-order valence-electron chi connectivity index (χ2n) is 8.88. The van der Waals surface area contributed by atoms with Gasteiger partial charge in [0.15, 0.2) is 0 Å². The van der Waals surface area contributed by atoms with Gasteiger partial charge in [-0.25, -0.2) is 20.2 Å². The van der Waals surface area contributed by atoms with E-state index in [9.17, 15) is 0 Å². The molecule has 1 heterocycles. The van der Waals surface area contributed by atoms with E-state index in [1.54, 1.807) is 11.3 Å². The van der Waals surface area contributed by atoms with Crippen LogP contribution in [0.4, 0.5) is 10.8 Å². The monoisotopic (exact) mass is 507 g/mol. The fourth-order valence-electron chi connectivity index (χ4n) is 4.51. The molecule has 1 aromatic heterocycles. The first-order valence-electron chi connectivity index (χ1n) is 12.0. The van der Waals surface area contributed by atoms with Crippen molar-refractivity contribution in [2.24, 2.45) is 22.5 Å².